The normalized spacial score (nSPS) is 11.1. The molecule has 1 amide bonds. The Morgan fingerprint density at radius 2 is 1.88 bits per heavy atom. The van der Waals surface area contributed by atoms with Gasteiger partial charge in [0.1, 0.15) is 0 Å². The van der Waals surface area contributed by atoms with E-state index in [0.717, 1.165) is 24.3 Å². The van der Waals surface area contributed by atoms with Crippen LogP contribution in [0.3, 0.4) is 0 Å². The highest BCUT2D eigenvalue weighted by Crippen LogP contribution is 2.15. The Kier molecular flexibility index (Phi) is 3.76. The molecule has 1 aromatic rings. The van der Waals surface area contributed by atoms with Gasteiger partial charge in [-0.2, -0.15) is 0 Å². The Balaban J connectivity index is 2.92. The number of carbonyl (C=O) groups excluding carboxylic acids is 1. The number of sulfonamides is 1. The lowest BCUT2D eigenvalue weighted by Crippen LogP contribution is -2.33. The number of nitro benzene ring substituents is 1. The van der Waals surface area contributed by atoms with Gasteiger partial charge in [0.25, 0.3) is 5.69 Å². The number of nitrogens with one attached hydrogen (secondary N) is 1. The Morgan fingerprint density at radius 3 is 2.29 bits per heavy atom. The van der Waals surface area contributed by atoms with Gasteiger partial charge < -0.3 is 5.73 Å². The molecule has 0 aliphatic rings. The van der Waals surface area contributed by atoms with Crippen molar-refractivity contribution in [2.24, 2.45) is 5.73 Å². The first-order valence-corrected chi connectivity index (χ1v) is 5.83. The van der Waals surface area contributed by atoms with E-state index >= 15 is 0 Å². The fourth-order valence-electron chi connectivity index (χ4n) is 0.996. The number of nitrogens with zero attached hydrogens (tertiary/aromatic N) is 1. The lowest BCUT2D eigenvalue weighted by molar-refractivity contribution is -0.384. The number of hydrogen-bond acceptors (Lipinski definition) is 5. The summed E-state index contributed by atoms with van der Waals surface area (Å²) in [5.41, 5.74) is 4.56. The molecule has 3 N–H and O–H groups in total. The minimum absolute atomic E-state index is 0.177. The molecule has 0 atom stereocenters. The fourth-order valence-corrected chi connectivity index (χ4v) is 1.99. The van der Waals surface area contributed by atoms with Gasteiger partial charge in [0.2, 0.25) is 15.9 Å². The average Bonchev–Trinajstić information content (AvgIpc) is 2.27. The molecule has 17 heavy (non-hydrogen) atoms. The SMILES string of the molecule is NC(=O)CNS(=O)(=O)c1ccc([N+](=O)[O-])cc1. The Morgan fingerprint density at radius 1 is 1.35 bits per heavy atom. The van der Waals surface area contributed by atoms with Crippen LogP contribution < -0.4 is 10.5 Å². The van der Waals surface area contributed by atoms with Crippen molar-refractivity contribution in [3.63, 3.8) is 0 Å². The molecule has 0 spiro atoms. The van der Waals surface area contributed by atoms with Crippen LogP contribution in [0, 0.1) is 10.1 Å². The predicted octanol–water partition coefficient (Wildman–Crippen LogP) is -0.642. The number of non-ortho nitro benzene ring substituents is 1. The maximum absolute atomic E-state index is 11.5. The molecule has 1 rings (SSSR count). The molecule has 1 aromatic carbocycles. The van der Waals surface area contributed by atoms with Crippen molar-refractivity contribution in [3.8, 4) is 0 Å². The first-order chi connectivity index (χ1) is 7.83. The second-order valence-corrected chi connectivity index (χ2v) is 4.81. The van der Waals surface area contributed by atoms with Crippen LogP contribution >= 0.6 is 0 Å². The Bertz CT molecular complexity index is 537. The average molecular weight is 259 g/mol. The van der Waals surface area contributed by atoms with Gasteiger partial charge in [0.05, 0.1) is 16.4 Å². The van der Waals surface area contributed by atoms with Crippen molar-refractivity contribution in [3.05, 3.63) is 34.4 Å². The molecule has 0 bridgehead atoms. The van der Waals surface area contributed by atoms with Gasteiger partial charge in [0.15, 0.2) is 0 Å². The van der Waals surface area contributed by atoms with E-state index in [9.17, 15) is 23.3 Å². The lowest BCUT2D eigenvalue weighted by Gasteiger charge is -2.04. The first-order valence-electron chi connectivity index (χ1n) is 4.35. The van der Waals surface area contributed by atoms with Crippen molar-refractivity contribution in [2.45, 2.75) is 4.90 Å². The van der Waals surface area contributed by atoms with Gasteiger partial charge in [-0.1, -0.05) is 0 Å². The number of benzene rings is 1. The second kappa shape index (κ2) is 4.89. The zero-order valence-corrected chi connectivity index (χ0v) is 9.31. The lowest BCUT2D eigenvalue weighted by atomic mass is 10.3. The minimum Gasteiger partial charge on any atom is -0.369 e. The fraction of sp³-hybridized carbons (Fsp3) is 0.125. The maximum Gasteiger partial charge on any atom is 0.269 e. The number of nitrogens with two attached hydrogens (primary N) is 1. The van der Waals surface area contributed by atoms with Crippen LogP contribution in [0.25, 0.3) is 0 Å². The van der Waals surface area contributed by atoms with Gasteiger partial charge in [0, 0.05) is 12.1 Å². The number of amides is 1. The van der Waals surface area contributed by atoms with Crippen molar-refractivity contribution < 1.29 is 18.1 Å². The van der Waals surface area contributed by atoms with Crippen LogP contribution in [-0.2, 0) is 14.8 Å². The first kappa shape index (κ1) is 13.1. The summed E-state index contributed by atoms with van der Waals surface area (Å²) in [6, 6.07) is 4.25. The predicted molar refractivity (Wildman–Crippen MR) is 57.5 cm³/mol. The molecule has 0 aliphatic heterocycles. The van der Waals surface area contributed by atoms with E-state index in [2.05, 4.69) is 0 Å². The topological polar surface area (TPSA) is 132 Å². The highest BCUT2D eigenvalue weighted by Gasteiger charge is 2.15. The number of carbonyl (C=O) groups is 1. The second-order valence-electron chi connectivity index (χ2n) is 3.04. The van der Waals surface area contributed by atoms with E-state index in [-0.39, 0.29) is 10.6 Å². The zero-order chi connectivity index (χ0) is 13.1. The third kappa shape index (κ3) is 3.50. The summed E-state index contributed by atoms with van der Waals surface area (Å²) in [6.07, 6.45) is 0. The number of primary amides is 1. The van der Waals surface area contributed by atoms with Crippen LogP contribution in [0.5, 0.6) is 0 Å². The van der Waals surface area contributed by atoms with E-state index in [4.69, 9.17) is 5.73 Å². The minimum atomic E-state index is -3.87. The van der Waals surface area contributed by atoms with Crippen molar-refractivity contribution >= 4 is 21.6 Å². The van der Waals surface area contributed by atoms with Crippen molar-refractivity contribution in [2.75, 3.05) is 6.54 Å². The van der Waals surface area contributed by atoms with Gasteiger partial charge in [-0.05, 0) is 12.1 Å². The van der Waals surface area contributed by atoms with E-state index in [1.807, 2.05) is 4.72 Å². The van der Waals surface area contributed by atoms with Crippen LogP contribution in [0.4, 0.5) is 5.69 Å². The molecule has 92 valence electrons. The molecular weight excluding hydrogens is 250 g/mol. The van der Waals surface area contributed by atoms with E-state index in [1.165, 1.54) is 0 Å². The highest BCUT2D eigenvalue weighted by atomic mass is 32.2. The monoisotopic (exact) mass is 259 g/mol. The van der Waals surface area contributed by atoms with E-state index in [1.54, 1.807) is 0 Å². The van der Waals surface area contributed by atoms with Crippen LogP contribution in [0.1, 0.15) is 0 Å². The van der Waals surface area contributed by atoms with Crippen LogP contribution in [0.2, 0.25) is 0 Å². The van der Waals surface area contributed by atoms with Crippen molar-refractivity contribution in [1.82, 2.24) is 4.72 Å². The Labute approximate surface area is 96.6 Å². The van der Waals surface area contributed by atoms with Gasteiger partial charge in [-0.3, -0.25) is 14.9 Å². The van der Waals surface area contributed by atoms with Crippen molar-refractivity contribution in [1.29, 1.82) is 0 Å². The quantitative estimate of drug-likeness (QED) is 0.536. The number of rotatable bonds is 5. The zero-order valence-electron chi connectivity index (χ0n) is 8.49. The number of nitro groups is 1. The molecular formula is C8H9N3O5S. The summed E-state index contributed by atoms with van der Waals surface area (Å²) in [6.45, 7) is -0.528. The van der Waals surface area contributed by atoms with E-state index in [0.29, 0.717) is 0 Å². The summed E-state index contributed by atoms with van der Waals surface area (Å²) in [5, 5.41) is 10.4. The van der Waals surface area contributed by atoms with Gasteiger partial charge >= 0.3 is 0 Å². The molecule has 8 nitrogen and oxygen atoms in total. The third-order valence-electron chi connectivity index (χ3n) is 1.79. The van der Waals surface area contributed by atoms with Gasteiger partial charge in [-0.15, -0.1) is 0 Å². The summed E-state index contributed by atoms with van der Waals surface area (Å²) < 4.78 is 25.0. The molecule has 9 heteroatoms. The van der Waals surface area contributed by atoms with E-state index < -0.39 is 27.4 Å². The molecule has 0 fully saturated rings. The largest absolute Gasteiger partial charge is 0.369 e. The molecule has 0 saturated carbocycles. The maximum atomic E-state index is 11.5. The highest BCUT2D eigenvalue weighted by molar-refractivity contribution is 7.89. The van der Waals surface area contributed by atoms with Crippen LogP contribution in [0.15, 0.2) is 29.2 Å². The third-order valence-corrected chi connectivity index (χ3v) is 3.21. The smallest absolute Gasteiger partial charge is 0.269 e. The summed E-state index contributed by atoms with van der Waals surface area (Å²) >= 11 is 0. The molecule has 0 radical (unpaired) electrons. The molecule has 0 saturated heterocycles. The summed E-state index contributed by atoms with van der Waals surface area (Å²) in [7, 11) is -3.87. The molecule has 0 aromatic heterocycles. The molecule has 0 heterocycles. The standard InChI is InChI=1S/C8H9N3O5S/c9-8(12)5-10-17(15,16)7-3-1-6(2-4-7)11(13)14/h1-4,10H,5H2,(H2,9,12). The molecule has 0 aliphatic carbocycles. The van der Waals surface area contributed by atoms with Crippen LogP contribution in [-0.4, -0.2) is 25.8 Å². The summed E-state index contributed by atoms with van der Waals surface area (Å²) in [4.78, 5) is 20.0. The number of hydrogen-bond donors (Lipinski definition) is 2. The molecule has 0 unspecified atom stereocenters. The summed E-state index contributed by atoms with van der Waals surface area (Å²) in [5.74, 6) is -0.824. The Hall–Kier alpha value is -2.00. The van der Waals surface area contributed by atoms with Gasteiger partial charge in [-0.25, -0.2) is 13.1 Å².